The van der Waals surface area contributed by atoms with Gasteiger partial charge in [-0.15, -0.1) is 0 Å². The molecule has 3 amide bonds. The number of benzene rings is 1. The van der Waals surface area contributed by atoms with Gasteiger partial charge in [-0.1, -0.05) is 29.8 Å². The molecule has 7 nitrogen and oxygen atoms in total. The van der Waals surface area contributed by atoms with E-state index in [1.807, 2.05) is 12.2 Å². The van der Waals surface area contributed by atoms with E-state index in [1.165, 1.54) is 0 Å². The predicted molar refractivity (Wildman–Crippen MR) is 93.1 cm³/mol. The molecule has 1 aromatic carbocycles. The fourth-order valence-corrected chi connectivity index (χ4v) is 3.30. The Bertz CT molecular complexity index is 766. The first kappa shape index (κ1) is 18.1. The van der Waals surface area contributed by atoms with Crippen LogP contribution in [0.2, 0.25) is 5.02 Å². The molecule has 1 saturated heterocycles. The van der Waals surface area contributed by atoms with Crippen molar-refractivity contribution in [2.24, 2.45) is 11.8 Å². The number of nitrogens with one attached hydrogen (secondary N) is 1. The van der Waals surface area contributed by atoms with Crippen LogP contribution in [0.25, 0.3) is 0 Å². The zero-order valence-electron chi connectivity index (χ0n) is 13.8. The summed E-state index contributed by atoms with van der Waals surface area (Å²) in [6, 6.07) is 6.53. The van der Waals surface area contributed by atoms with Crippen LogP contribution in [0.4, 0.5) is 5.69 Å². The van der Waals surface area contributed by atoms with Crippen molar-refractivity contribution in [2.45, 2.75) is 12.8 Å². The van der Waals surface area contributed by atoms with Crippen LogP contribution in [0.15, 0.2) is 36.4 Å². The highest BCUT2D eigenvalue weighted by atomic mass is 35.5. The average Bonchev–Trinajstić information content (AvgIpc) is 2.85. The number of hydrogen-bond acceptors (Lipinski definition) is 5. The Morgan fingerprint density at radius 1 is 1.15 bits per heavy atom. The van der Waals surface area contributed by atoms with Gasteiger partial charge in [-0.25, -0.2) is 0 Å². The highest BCUT2D eigenvalue weighted by Gasteiger charge is 2.47. The van der Waals surface area contributed by atoms with Gasteiger partial charge in [0.1, 0.15) is 6.54 Å². The van der Waals surface area contributed by atoms with Crippen LogP contribution < -0.4 is 5.32 Å². The molecule has 1 aliphatic heterocycles. The maximum atomic E-state index is 12.3. The standard InChI is InChI=1S/C18H17ClN2O5/c19-11-4-3-5-12(8-11)20-15(22)10-26-16(23)9-21-17(24)13-6-1-2-7-14(13)18(21)25/h1-5,8,13-14H,6-7,9-10H2,(H,20,22)/t13-,14-/m0/s1. The minimum atomic E-state index is -0.806. The molecule has 0 aromatic heterocycles. The Morgan fingerprint density at radius 3 is 2.42 bits per heavy atom. The van der Waals surface area contributed by atoms with E-state index in [9.17, 15) is 19.2 Å². The molecule has 26 heavy (non-hydrogen) atoms. The van der Waals surface area contributed by atoms with E-state index >= 15 is 0 Å². The van der Waals surface area contributed by atoms with Gasteiger partial charge in [0.15, 0.2) is 6.61 Å². The van der Waals surface area contributed by atoms with Gasteiger partial charge < -0.3 is 10.1 Å². The monoisotopic (exact) mass is 376 g/mol. The highest BCUT2D eigenvalue weighted by Crippen LogP contribution is 2.34. The Kier molecular flexibility index (Phi) is 5.37. The van der Waals surface area contributed by atoms with E-state index in [4.69, 9.17) is 16.3 Å². The van der Waals surface area contributed by atoms with Gasteiger partial charge in [-0.2, -0.15) is 0 Å². The highest BCUT2D eigenvalue weighted by molar-refractivity contribution is 6.30. The molecule has 0 unspecified atom stereocenters. The largest absolute Gasteiger partial charge is 0.454 e. The van der Waals surface area contributed by atoms with Crippen molar-refractivity contribution in [1.82, 2.24) is 4.90 Å². The fraction of sp³-hybridized carbons (Fsp3) is 0.333. The minimum absolute atomic E-state index is 0.357. The molecule has 1 aromatic rings. The number of anilines is 1. The lowest BCUT2D eigenvalue weighted by Gasteiger charge is -2.14. The number of allylic oxidation sites excluding steroid dienone is 2. The van der Waals surface area contributed by atoms with E-state index in [-0.39, 0.29) is 11.8 Å². The number of amides is 3. The molecule has 136 valence electrons. The average molecular weight is 377 g/mol. The van der Waals surface area contributed by atoms with Gasteiger partial charge >= 0.3 is 5.97 Å². The molecule has 2 atom stereocenters. The van der Waals surface area contributed by atoms with Crippen molar-refractivity contribution >= 4 is 41.0 Å². The first-order valence-electron chi connectivity index (χ1n) is 8.17. The third-order valence-corrected chi connectivity index (χ3v) is 4.59. The van der Waals surface area contributed by atoms with E-state index in [0.717, 1.165) is 4.90 Å². The number of halogens is 1. The number of carbonyl (C=O) groups is 4. The van der Waals surface area contributed by atoms with Crippen LogP contribution in [0, 0.1) is 11.8 Å². The predicted octanol–water partition coefficient (Wildman–Crippen LogP) is 1.77. The lowest BCUT2D eigenvalue weighted by molar-refractivity contribution is -0.154. The van der Waals surface area contributed by atoms with Crippen molar-refractivity contribution in [3.8, 4) is 0 Å². The van der Waals surface area contributed by atoms with Crippen LogP contribution in [-0.4, -0.2) is 41.7 Å². The summed E-state index contributed by atoms with van der Waals surface area (Å²) in [4.78, 5) is 49.2. The van der Waals surface area contributed by atoms with Gasteiger partial charge in [-0.05, 0) is 31.0 Å². The zero-order chi connectivity index (χ0) is 18.7. The topological polar surface area (TPSA) is 92.8 Å². The van der Waals surface area contributed by atoms with Crippen LogP contribution in [0.1, 0.15) is 12.8 Å². The van der Waals surface area contributed by atoms with E-state index in [1.54, 1.807) is 24.3 Å². The molecular formula is C18H17ClN2O5. The van der Waals surface area contributed by atoms with Gasteiger partial charge in [0, 0.05) is 10.7 Å². The molecule has 0 bridgehead atoms. The molecule has 0 spiro atoms. The third-order valence-electron chi connectivity index (χ3n) is 4.36. The second kappa shape index (κ2) is 7.70. The fourth-order valence-electron chi connectivity index (χ4n) is 3.11. The number of fused-ring (bicyclic) bond motifs is 1. The molecule has 1 aliphatic carbocycles. The van der Waals surface area contributed by atoms with Crippen molar-refractivity contribution in [1.29, 1.82) is 0 Å². The molecule has 1 N–H and O–H groups in total. The maximum Gasteiger partial charge on any atom is 0.326 e. The summed E-state index contributed by atoms with van der Waals surface area (Å²) in [7, 11) is 0. The summed E-state index contributed by atoms with van der Waals surface area (Å²) in [5, 5.41) is 2.99. The number of nitrogens with zero attached hydrogens (tertiary/aromatic N) is 1. The SMILES string of the molecule is O=C(COC(=O)CN1C(=O)[C@H]2CC=CC[C@@H]2C1=O)Nc1cccc(Cl)c1. The number of ether oxygens (including phenoxy) is 1. The van der Waals surface area contributed by atoms with Crippen molar-refractivity contribution in [3.05, 3.63) is 41.4 Å². The number of carbonyl (C=O) groups excluding carboxylic acids is 4. The number of imide groups is 1. The summed E-state index contributed by atoms with van der Waals surface area (Å²) in [6.45, 7) is -0.995. The molecule has 1 heterocycles. The summed E-state index contributed by atoms with van der Waals surface area (Å²) in [5.74, 6) is -2.86. The van der Waals surface area contributed by atoms with Crippen molar-refractivity contribution < 1.29 is 23.9 Å². The van der Waals surface area contributed by atoms with Crippen LogP contribution in [0.5, 0.6) is 0 Å². The molecule has 0 saturated carbocycles. The van der Waals surface area contributed by atoms with Crippen molar-refractivity contribution in [2.75, 3.05) is 18.5 Å². The van der Waals surface area contributed by atoms with E-state index in [2.05, 4.69) is 5.32 Å². The first-order chi connectivity index (χ1) is 12.5. The van der Waals surface area contributed by atoms with Crippen LogP contribution >= 0.6 is 11.6 Å². The summed E-state index contributed by atoms with van der Waals surface area (Å²) >= 11 is 5.82. The smallest absolute Gasteiger partial charge is 0.326 e. The first-order valence-corrected chi connectivity index (χ1v) is 8.55. The third kappa shape index (κ3) is 3.94. The molecule has 0 radical (unpaired) electrons. The van der Waals surface area contributed by atoms with Crippen molar-refractivity contribution in [3.63, 3.8) is 0 Å². The quantitative estimate of drug-likeness (QED) is 0.480. The minimum Gasteiger partial charge on any atom is -0.454 e. The van der Waals surface area contributed by atoms with Crippen LogP contribution in [-0.2, 0) is 23.9 Å². The second-order valence-corrected chi connectivity index (χ2v) is 6.57. The van der Waals surface area contributed by atoms with E-state index in [0.29, 0.717) is 23.6 Å². The molecular weight excluding hydrogens is 360 g/mol. The van der Waals surface area contributed by atoms with Gasteiger partial charge in [0.05, 0.1) is 11.8 Å². The van der Waals surface area contributed by atoms with Gasteiger partial charge in [0.2, 0.25) is 11.8 Å². The summed E-state index contributed by atoms with van der Waals surface area (Å²) < 4.78 is 4.87. The molecule has 3 rings (SSSR count). The Morgan fingerprint density at radius 2 is 1.81 bits per heavy atom. The van der Waals surface area contributed by atoms with Gasteiger partial charge in [-0.3, -0.25) is 24.1 Å². The summed E-state index contributed by atoms with van der Waals surface area (Å²) in [5.41, 5.74) is 0.472. The zero-order valence-corrected chi connectivity index (χ0v) is 14.6. The Labute approximate surface area is 154 Å². The Balaban J connectivity index is 1.49. The summed E-state index contributed by atoms with van der Waals surface area (Å²) in [6.07, 6.45) is 4.74. The molecule has 2 aliphatic rings. The van der Waals surface area contributed by atoms with Gasteiger partial charge in [0.25, 0.3) is 5.91 Å². The number of likely N-dealkylation sites (tertiary alicyclic amines) is 1. The maximum absolute atomic E-state index is 12.3. The van der Waals surface area contributed by atoms with Crippen LogP contribution in [0.3, 0.4) is 0 Å². The number of esters is 1. The lowest BCUT2D eigenvalue weighted by Crippen LogP contribution is -2.37. The number of hydrogen-bond donors (Lipinski definition) is 1. The number of rotatable bonds is 5. The second-order valence-electron chi connectivity index (χ2n) is 6.14. The molecule has 1 fully saturated rings. The lowest BCUT2D eigenvalue weighted by atomic mass is 9.85. The van der Waals surface area contributed by atoms with E-state index < -0.39 is 36.9 Å². The Hall–Kier alpha value is -2.67. The normalized spacial score (nSPS) is 21.5. The molecule has 8 heteroatoms.